The van der Waals surface area contributed by atoms with Crippen molar-refractivity contribution in [3.63, 3.8) is 0 Å². The lowest BCUT2D eigenvalue weighted by Crippen LogP contribution is -2.17. The average Bonchev–Trinajstić information content (AvgIpc) is 2.70. The minimum Gasteiger partial charge on any atom is -0.493 e. The van der Waals surface area contributed by atoms with Crippen molar-refractivity contribution < 1.29 is 13.5 Å². The van der Waals surface area contributed by atoms with Gasteiger partial charge in [-0.1, -0.05) is 19.3 Å². The Labute approximate surface area is 114 Å². The van der Waals surface area contributed by atoms with Gasteiger partial charge in [0, 0.05) is 6.07 Å². The van der Waals surface area contributed by atoms with Gasteiger partial charge < -0.3 is 5.11 Å². The van der Waals surface area contributed by atoms with Gasteiger partial charge in [-0.25, -0.2) is 13.1 Å². The number of aromatic hydroxyl groups is 1. The SMILES string of the molecule is CC(C)S(=O)(=O)Cc1cc(O)n(C2CCCCC2)n1. The van der Waals surface area contributed by atoms with Crippen molar-refractivity contribution >= 4 is 9.84 Å². The summed E-state index contributed by atoms with van der Waals surface area (Å²) in [4.78, 5) is 0. The summed E-state index contributed by atoms with van der Waals surface area (Å²) in [5.41, 5.74) is 0.441. The molecule has 1 aliphatic rings. The molecule has 0 atom stereocenters. The minimum absolute atomic E-state index is 0.0841. The summed E-state index contributed by atoms with van der Waals surface area (Å²) >= 11 is 0. The summed E-state index contributed by atoms with van der Waals surface area (Å²) < 4.78 is 25.3. The van der Waals surface area contributed by atoms with Crippen molar-refractivity contribution in [3.05, 3.63) is 11.8 Å². The fourth-order valence-corrected chi connectivity index (χ4v) is 3.36. The van der Waals surface area contributed by atoms with Crippen LogP contribution in [0.2, 0.25) is 0 Å². The summed E-state index contributed by atoms with van der Waals surface area (Å²) in [6.45, 7) is 3.32. The molecule has 1 saturated carbocycles. The summed E-state index contributed by atoms with van der Waals surface area (Å²) in [6.07, 6.45) is 5.53. The number of aromatic nitrogens is 2. The van der Waals surface area contributed by atoms with Gasteiger partial charge in [0.15, 0.2) is 9.84 Å². The molecule has 19 heavy (non-hydrogen) atoms. The molecule has 0 bridgehead atoms. The van der Waals surface area contributed by atoms with Crippen LogP contribution in [0.25, 0.3) is 0 Å². The highest BCUT2D eigenvalue weighted by atomic mass is 32.2. The molecule has 1 aromatic heterocycles. The lowest BCUT2D eigenvalue weighted by Gasteiger charge is -2.22. The molecule has 1 aromatic rings. The number of nitrogens with zero attached hydrogens (tertiary/aromatic N) is 2. The first-order valence-corrected chi connectivity index (χ1v) is 8.60. The Morgan fingerprint density at radius 3 is 2.58 bits per heavy atom. The third-order valence-electron chi connectivity index (χ3n) is 3.75. The largest absolute Gasteiger partial charge is 0.493 e. The molecule has 1 heterocycles. The van der Waals surface area contributed by atoms with Crippen molar-refractivity contribution in [2.75, 3.05) is 0 Å². The molecule has 0 unspecified atom stereocenters. The van der Waals surface area contributed by atoms with E-state index in [9.17, 15) is 13.5 Å². The molecule has 6 heteroatoms. The first-order valence-electron chi connectivity index (χ1n) is 6.89. The Kier molecular flexibility index (Phi) is 4.18. The van der Waals surface area contributed by atoms with Gasteiger partial charge >= 0.3 is 0 Å². The van der Waals surface area contributed by atoms with Gasteiger partial charge in [0.25, 0.3) is 0 Å². The van der Waals surface area contributed by atoms with E-state index in [0.29, 0.717) is 5.69 Å². The van der Waals surface area contributed by atoms with Crippen molar-refractivity contribution in [3.8, 4) is 5.88 Å². The highest BCUT2D eigenvalue weighted by Crippen LogP contribution is 2.31. The molecule has 0 aliphatic heterocycles. The van der Waals surface area contributed by atoms with Gasteiger partial charge in [-0.05, 0) is 26.7 Å². The van der Waals surface area contributed by atoms with Crippen LogP contribution < -0.4 is 0 Å². The fraction of sp³-hybridized carbons (Fsp3) is 0.769. The molecular formula is C13H22N2O3S. The summed E-state index contributed by atoms with van der Waals surface area (Å²) in [6, 6.07) is 1.69. The van der Waals surface area contributed by atoms with Crippen LogP contribution in [-0.2, 0) is 15.6 Å². The molecule has 1 fully saturated rings. The molecular weight excluding hydrogens is 264 g/mol. The topological polar surface area (TPSA) is 72.2 Å². The van der Waals surface area contributed by atoms with Crippen molar-refractivity contribution in [1.29, 1.82) is 0 Å². The van der Waals surface area contributed by atoms with Crippen LogP contribution in [0.5, 0.6) is 5.88 Å². The summed E-state index contributed by atoms with van der Waals surface area (Å²) in [7, 11) is -3.17. The third kappa shape index (κ3) is 3.29. The molecule has 0 radical (unpaired) electrons. The molecule has 2 rings (SSSR count). The van der Waals surface area contributed by atoms with Crippen LogP contribution in [-0.4, -0.2) is 28.6 Å². The first kappa shape index (κ1) is 14.4. The van der Waals surface area contributed by atoms with E-state index in [-0.39, 0.29) is 17.7 Å². The zero-order valence-electron chi connectivity index (χ0n) is 11.5. The van der Waals surface area contributed by atoms with E-state index in [1.807, 2.05) is 0 Å². The Morgan fingerprint density at radius 1 is 1.37 bits per heavy atom. The zero-order chi connectivity index (χ0) is 14.0. The highest BCUT2D eigenvalue weighted by Gasteiger charge is 2.23. The quantitative estimate of drug-likeness (QED) is 0.922. The smallest absolute Gasteiger partial charge is 0.209 e. The Hall–Kier alpha value is -1.04. The maximum Gasteiger partial charge on any atom is 0.209 e. The van der Waals surface area contributed by atoms with E-state index in [1.54, 1.807) is 18.5 Å². The Morgan fingerprint density at radius 2 is 2.00 bits per heavy atom. The van der Waals surface area contributed by atoms with Gasteiger partial charge in [-0.15, -0.1) is 0 Å². The fourth-order valence-electron chi connectivity index (χ4n) is 2.47. The lowest BCUT2D eigenvalue weighted by molar-refractivity contribution is 0.289. The van der Waals surface area contributed by atoms with Crippen LogP contribution in [0.4, 0.5) is 0 Å². The van der Waals surface area contributed by atoms with E-state index in [0.717, 1.165) is 25.7 Å². The van der Waals surface area contributed by atoms with Crippen LogP contribution in [0.15, 0.2) is 6.07 Å². The molecule has 108 valence electrons. The van der Waals surface area contributed by atoms with Gasteiger partial charge in [0.2, 0.25) is 5.88 Å². The third-order valence-corrected chi connectivity index (χ3v) is 5.89. The maximum absolute atomic E-state index is 11.9. The maximum atomic E-state index is 11.9. The second-order valence-electron chi connectivity index (χ2n) is 5.59. The van der Waals surface area contributed by atoms with Gasteiger partial charge in [-0.2, -0.15) is 5.10 Å². The van der Waals surface area contributed by atoms with Crippen LogP contribution >= 0.6 is 0 Å². The lowest BCUT2D eigenvalue weighted by atomic mass is 9.96. The molecule has 0 saturated heterocycles. The number of rotatable bonds is 4. The number of hydrogen-bond donors (Lipinski definition) is 1. The normalized spacial score (nSPS) is 18.1. The predicted molar refractivity (Wildman–Crippen MR) is 73.8 cm³/mol. The first-order chi connectivity index (χ1) is 8.90. The van der Waals surface area contributed by atoms with Crippen molar-refractivity contribution in [2.24, 2.45) is 0 Å². The van der Waals surface area contributed by atoms with E-state index < -0.39 is 15.1 Å². The highest BCUT2D eigenvalue weighted by molar-refractivity contribution is 7.91. The second kappa shape index (κ2) is 5.53. The standard InChI is InChI=1S/C13H22N2O3S/c1-10(2)19(17,18)9-11-8-13(16)15(14-11)12-6-4-3-5-7-12/h8,10,12,16H,3-7,9H2,1-2H3. The van der Waals surface area contributed by atoms with Crippen LogP contribution in [0, 0.1) is 0 Å². The van der Waals surface area contributed by atoms with Crippen LogP contribution in [0.1, 0.15) is 57.7 Å². The van der Waals surface area contributed by atoms with Crippen molar-refractivity contribution in [2.45, 2.75) is 63.0 Å². The second-order valence-corrected chi connectivity index (χ2v) is 8.14. The number of hydrogen-bond acceptors (Lipinski definition) is 4. The molecule has 1 N–H and O–H groups in total. The van der Waals surface area contributed by atoms with E-state index in [1.165, 1.54) is 12.5 Å². The van der Waals surface area contributed by atoms with Crippen LogP contribution in [0.3, 0.4) is 0 Å². The number of sulfone groups is 1. The van der Waals surface area contributed by atoms with E-state index in [4.69, 9.17) is 0 Å². The molecule has 1 aliphatic carbocycles. The predicted octanol–water partition coefficient (Wildman–Crippen LogP) is 2.42. The molecule has 0 spiro atoms. The zero-order valence-corrected chi connectivity index (χ0v) is 12.4. The molecule has 5 nitrogen and oxygen atoms in total. The minimum atomic E-state index is -3.17. The Balaban J connectivity index is 2.17. The average molecular weight is 286 g/mol. The van der Waals surface area contributed by atoms with Gasteiger partial charge in [-0.3, -0.25) is 0 Å². The molecule has 0 amide bonds. The molecule has 0 aromatic carbocycles. The van der Waals surface area contributed by atoms with Crippen molar-refractivity contribution in [1.82, 2.24) is 9.78 Å². The van der Waals surface area contributed by atoms with E-state index >= 15 is 0 Å². The van der Waals surface area contributed by atoms with E-state index in [2.05, 4.69) is 5.10 Å². The summed E-state index contributed by atoms with van der Waals surface area (Å²) in [5, 5.41) is 13.8. The Bertz CT molecular complexity index is 528. The van der Waals surface area contributed by atoms with Gasteiger partial charge in [0.1, 0.15) is 0 Å². The monoisotopic (exact) mass is 286 g/mol. The van der Waals surface area contributed by atoms with Gasteiger partial charge in [0.05, 0.1) is 22.7 Å². The summed E-state index contributed by atoms with van der Waals surface area (Å²) in [5.74, 6) is -0.0151.